The zero-order valence-electron chi connectivity index (χ0n) is 6.81. The molecule has 0 radical (unpaired) electrons. The smallest absolute Gasteiger partial charge is 0.133 e. The van der Waals surface area contributed by atoms with Crippen LogP contribution in [0.15, 0.2) is 0 Å². The summed E-state index contributed by atoms with van der Waals surface area (Å²) in [6, 6.07) is 0.668. The van der Waals surface area contributed by atoms with Gasteiger partial charge in [0.15, 0.2) is 0 Å². The van der Waals surface area contributed by atoms with Crippen LogP contribution in [0.2, 0.25) is 0 Å². The van der Waals surface area contributed by atoms with Crippen molar-refractivity contribution in [2.75, 3.05) is 6.54 Å². The standard InChI is InChI=1S/C9H15NO/c11-8-3-4-9-7(6-8)2-1-5-10-9/h7,9-10H,1-6H2/t7-,9?/m1/s1. The van der Waals surface area contributed by atoms with Crippen LogP contribution in [0.1, 0.15) is 32.1 Å². The SMILES string of the molecule is O=C1CCC2NCCC[C@@H]2C1. The quantitative estimate of drug-likeness (QED) is 0.564. The van der Waals surface area contributed by atoms with E-state index in [0.717, 1.165) is 25.8 Å². The van der Waals surface area contributed by atoms with Gasteiger partial charge in [-0.25, -0.2) is 0 Å². The molecule has 0 spiro atoms. The van der Waals surface area contributed by atoms with Crippen LogP contribution in [0.4, 0.5) is 0 Å². The summed E-state index contributed by atoms with van der Waals surface area (Å²) in [7, 11) is 0. The summed E-state index contributed by atoms with van der Waals surface area (Å²) in [5, 5.41) is 3.49. The van der Waals surface area contributed by atoms with Crippen LogP contribution in [0.25, 0.3) is 0 Å². The molecule has 11 heavy (non-hydrogen) atoms. The van der Waals surface area contributed by atoms with Gasteiger partial charge in [-0.3, -0.25) is 4.79 Å². The van der Waals surface area contributed by atoms with Gasteiger partial charge in [-0.2, -0.15) is 0 Å². The maximum absolute atomic E-state index is 11.1. The fourth-order valence-electron chi connectivity index (χ4n) is 2.31. The number of carbonyl (C=O) groups is 1. The van der Waals surface area contributed by atoms with Gasteiger partial charge in [0.2, 0.25) is 0 Å². The summed E-state index contributed by atoms with van der Waals surface area (Å²) in [5.41, 5.74) is 0. The summed E-state index contributed by atoms with van der Waals surface area (Å²) < 4.78 is 0. The highest BCUT2D eigenvalue weighted by Gasteiger charge is 2.30. The zero-order valence-corrected chi connectivity index (χ0v) is 6.81. The highest BCUT2D eigenvalue weighted by Crippen LogP contribution is 2.28. The molecule has 2 heteroatoms. The van der Waals surface area contributed by atoms with E-state index in [-0.39, 0.29) is 0 Å². The molecular weight excluding hydrogens is 138 g/mol. The van der Waals surface area contributed by atoms with E-state index in [1.165, 1.54) is 12.8 Å². The maximum atomic E-state index is 11.1. The molecule has 2 nitrogen and oxygen atoms in total. The molecule has 1 heterocycles. The van der Waals surface area contributed by atoms with Crippen molar-refractivity contribution in [1.82, 2.24) is 5.32 Å². The van der Waals surface area contributed by atoms with Crippen molar-refractivity contribution in [3.63, 3.8) is 0 Å². The van der Waals surface area contributed by atoms with E-state index < -0.39 is 0 Å². The summed E-state index contributed by atoms with van der Waals surface area (Å²) in [5.74, 6) is 1.15. The summed E-state index contributed by atoms with van der Waals surface area (Å²) in [4.78, 5) is 11.1. The first-order chi connectivity index (χ1) is 5.36. The molecule has 2 aliphatic rings. The molecule has 2 atom stereocenters. The fourth-order valence-corrected chi connectivity index (χ4v) is 2.31. The van der Waals surface area contributed by atoms with Gasteiger partial charge in [0.1, 0.15) is 5.78 Å². The Morgan fingerprint density at radius 2 is 2.27 bits per heavy atom. The van der Waals surface area contributed by atoms with Crippen molar-refractivity contribution in [2.24, 2.45) is 5.92 Å². The normalized spacial score (nSPS) is 38.4. The van der Waals surface area contributed by atoms with Crippen LogP contribution in [-0.2, 0) is 4.79 Å². The molecule has 2 fully saturated rings. The van der Waals surface area contributed by atoms with E-state index in [0.29, 0.717) is 17.7 Å². The number of fused-ring (bicyclic) bond motifs is 1. The summed E-state index contributed by atoms with van der Waals surface area (Å²) in [6.07, 6.45) is 5.27. The van der Waals surface area contributed by atoms with Crippen molar-refractivity contribution < 1.29 is 4.79 Å². The molecule has 62 valence electrons. The minimum atomic E-state index is 0.481. The molecule has 2 rings (SSSR count). The average molecular weight is 153 g/mol. The van der Waals surface area contributed by atoms with Gasteiger partial charge in [-0.15, -0.1) is 0 Å². The van der Waals surface area contributed by atoms with E-state index in [1.54, 1.807) is 0 Å². The number of nitrogens with one attached hydrogen (secondary N) is 1. The van der Waals surface area contributed by atoms with Gasteiger partial charge in [0.05, 0.1) is 0 Å². The van der Waals surface area contributed by atoms with Crippen LogP contribution < -0.4 is 5.32 Å². The molecule has 1 saturated carbocycles. The van der Waals surface area contributed by atoms with Gasteiger partial charge in [-0.1, -0.05) is 0 Å². The second-order valence-corrected chi connectivity index (χ2v) is 3.74. The van der Waals surface area contributed by atoms with E-state index in [1.807, 2.05) is 0 Å². The number of Topliss-reactive ketones (excluding diaryl/α,β-unsaturated/α-hetero) is 1. The Morgan fingerprint density at radius 3 is 3.18 bits per heavy atom. The van der Waals surface area contributed by atoms with E-state index in [9.17, 15) is 4.79 Å². The lowest BCUT2D eigenvalue weighted by Crippen LogP contribution is -2.44. The third-order valence-electron chi connectivity index (χ3n) is 2.95. The third kappa shape index (κ3) is 1.45. The fraction of sp³-hybridized carbons (Fsp3) is 0.889. The minimum absolute atomic E-state index is 0.481. The number of piperidine rings is 1. The summed E-state index contributed by atoms with van der Waals surface area (Å²) in [6.45, 7) is 1.16. The molecule has 0 aromatic heterocycles. The lowest BCUT2D eigenvalue weighted by Gasteiger charge is -2.35. The molecule has 1 aliphatic carbocycles. The number of rotatable bonds is 0. The third-order valence-corrected chi connectivity index (χ3v) is 2.95. The van der Waals surface area contributed by atoms with Crippen molar-refractivity contribution in [2.45, 2.75) is 38.1 Å². The first-order valence-electron chi connectivity index (χ1n) is 4.61. The molecule has 0 bridgehead atoms. The van der Waals surface area contributed by atoms with Gasteiger partial charge in [0.25, 0.3) is 0 Å². The first kappa shape index (κ1) is 7.29. The predicted octanol–water partition coefficient (Wildman–Crippen LogP) is 1.11. The second-order valence-electron chi connectivity index (χ2n) is 3.74. The van der Waals surface area contributed by atoms with Crippen LogP contribution in [0, 0.1) is 5.92 Å². The van der Waals surface area contributed by atoms with Crippen molar-refractivity contribution in [1.29, 1.82) is 0 Å². The Bertz CT molecular complexity index is 167. The summed E-state index contributed by atoms with van der Waals surface area (Å²) >= 11 is 0. The predicted molar refractivity (Wildman–Crippen MR) is 43.4 cm³/mol. The number of carbonyl (C=O) groups excluding carboxylic acids is 1. The zero-order chi connectivity index (χ0) is 7.68. The minimum Gasteiger partial charge on any atom is -0.314 e. The Kier molecular flexibility index (Phi) is 1.95. The molecule has 1 aliphatic heterocycles. The molecule has 0 aromatic carbocycles. The van der Waals surface area contributed by atoms with Crippen molar-refractivity contribution in [3.8, 4) is 0 Å². The highest BCUT2D eigenvalue weighted by molar-refractivity contribution is 5.79. The number of ketones is 1. The second kappa shape index (κ2) is 2.94. The van der Waals surface area contributed by atoms with Gasteiger partial charge in [-0.05, 0) is 31.7 Å². The molecule has 0 aromatic rings. The van der Waals surface area contributed by atoms with Crippen molar-refractivity contribution in [3.05, 3.63) is 0 Å². The van der Waals surface area contributed by atoms with E-state index >= 15 is 0 Å². The molecule has 0 amide bonds. The first-order valence-corrected chi connectivity index (χ1v) is 4.61. The topological polar surface area (TPSA) is 29.1 Å². The van der Waals surface area contributed by atoms with Crippen LogP contribution in [-0.4, -0.2) is 18.4 Å². The lowest BCUT2D eigenvalue weighted by molar-refractivity contribution is -0.122. The van der Waals surface area contributed by atoms with Gasteiger partial charge < -0.3 is 5.32 Å². The van der Waals surface area contributed by atoms with Gasteiger partial charge in [0, 0.05) is 18.9 Å². The van der Waals surface area contributed by atoms with Gasteiger partial charge >= 0.3 is 0 Å². The largest absolute Gasteiger partial charge is 0.314 e. The Morgan fingerprint density at radius 1 is 1.36 bits per heavy atom. The highest BCUT2D eigenvalue weighted by atomic mass is 16.1. The van der Waals surface area contributed by atoms with E-state index in [2.05, 4.69) is 5.32 Å². The molecule has 1 saturated heterocycles. The Hall–Kier alpha value is -0.370. The molecule has 1 N–H and O–H groups in total. The van der Waals surface area contributed by atoms with Crippen LogP contribution in [0.5, 0.6) is 0 Å². The van der Waals surface area contributed by atoms with Crippen LogP contribution >= 0.6 is 0 Å². The number of hydrogen-bond donors (Lipinski definition) is 1. The average Bonchev–Trinajstić information content (AvgIpc) is 2.04. The van der Waals surface area contributed by atoms with E-state index in [4.69, 9.17) is 0 Å². The van der Waals surface area contributed by atoms with Crippen LogP contribution in [0.3, 0.4) is 0 Å². The Labute approximate surface area is 67.4 Å². The molecular formula is C9H15NO. The Balaban J connectivity index is 1.98. The lowest BCUT2D eigenvalue weighted by atomic mass is 9.79. The van der Waals surface area contributed by atoms with Crippen molar-refractivity contribution >= 4 is 5.78 Å². The molecule has 1 unspecified atom stereocenters. The monoisotopic (exact) mass is 153 g/mol. The number of hydrogen-bond acceptors (Lipinski definition) is 2. The maximum Gasteiger partial charge on any atom is 0.133 e.